The molecule has 1 fully saturated rings. The summed E-state index contributed by atoms with van der Waals surface area (Å²) in [5, 5.41) is 3.86. The fraction of sp³-hybridized carbons (Fsp3) is 0.450. The number of aromatic nitrogens is 1. The Morgan fingerprint density at radius 3 is 2.48 bits per heavy atom. The number of hydrogen-bond donors (Lipinski definition) is 1. The van der Waals surface area contributed by atoms with Crippen LogP contribution in [0.15, 0.2) is 24.3 Å². The van der Waals surface area contributed by atoms with Gasteiger partial charge in [0.05, 0.1) is 17.9 Å². The van der Waals surface area contributed by atoms with Gasteiger partial charge in [0.15, 0.2) is 5.13 Å². The predicted molar refractivity (Wildman–Crippen MR) is 120 cm³/mol. The van der Waals surface area contributed by atoms with Crippen molar-refractivity contribution >= 4 is 49.9 Å². The van der Waals surface area contributed by atoms with Crippen LogP contribution >= 0.6 is 22.9 Å². The monoisotopic (exact) mass is 482 g/mol. The van der Waals surface area contributed by atoms with Crippen molar-refractivity contribution in [1.29, 1.82) is 0 Å². The molecule has 166 valence electrons. The third kappa shape index (κ3) is 4.92. The zero-order valence-corrected chi connectivity index (χ0v) is 19.4. The molecule has 2 amide bonds. The first-order valence-electron chi connectivity index (χ1n) is 10.0. The fourth-order valence-corrected chi connectivity index (χ4v) is 5.96. The van der Waals surface area contributed by atoms with E-state index >= 15 is 0 Å². The second kappa shape index (κ2) is 8.85. The van der Waals surface area contributed by atoms with E-state index in [4.69, 9.17) is 11.6 Å². The van der Waals surface area contributed by atoms with Gasteiger partial charge in [0, 0.05) is 41.6 Å². The minimum Gasteiger partial charge on any atom is -0.339 e. The number of nitrogens with zero attached hydrogens (tertiary/aromatic N) is 3. The zero-order valence-electron chi connectivity index (χ0n) is 17.0. The lowest BCUT2D eigenvalue weighted by Crippen LogP contribution is -2.51. The van der Waals surface area contributed by atoms with Gasteiger partial charge in [-0.25, -0.2) is 13.4 Å². The number of carbonyl (C=O) groups is 2. The Kier molecular flexibility index (Phi) is 6.34. The average molecular weight is 483 g/mol. The summed E-state index contributed by atoms with van der Waals surface area (Å²) in [5.74, 6) is -0.650. The lowest BCUT2D eigenvalue weighted by Gasteiger charge is -2.35. The highest BCUT2D eigenvalue weighted by atomic mass is 35.5. The van der Waals surface area contributed by atoms with E-state index in [0.717, 1.165) is 23.4 Å². The first-order chi connectivity index (χ1) is 14.7. The number of hydrogen-bond acceptors (Lipinski definition) is 6. The van der Waals surface area contributed by atoms with Crippen molar-refractivity contribution in [2.45, 2.75) is 25.2 Å². The minimum atomic E-state index is -3.24. The maximum Gasteiger partial charge on any atom is 0.257 e. The highest BCUT2D eigenvalue weighted by Crippen LogP contribution is 2.38. The number of thiazole rings is 1. The molecule has 1 aromatic carbocycles. The van der Waals surface area contributed by atoms with Crippen molar-refractivity contribution in [3.63, 3.8) is 0 Å². The summed E-state index contributed by atoms with van der Waals surface area (Å²) < 4.78 is 24.8. The van der Waals surface area contributed by atoms with Gasteiger partial charge in [0.1, 0.15) is 0 Å². The molecule has 0 spiro atoms. The van der Waals surface area contributed by atoms with Crippen LogP contribution in [-0.2, 0) is 21.2 Å². The van der Waals surface area contributed by atoms with Crippen molar-refractivity contribution in [3.05, 3.63) is 45.4 Å². The topological polar surface area (TPSA) is 99.7 Å². The summed E-state index contributed by atoms with van der Waals surface area (Å²) in [4.78, 5) is 33.0. The standard InChI is InChI=1S/C20H23ClN4O4S2/c1-31(28,29)25-11-9-24(10-12-25)19(27)15-3-2-4-16-17(15)22-20(30-16)23-18(26)13-5-7-14(21)8-6-13/h5-8,15H,2-4,9-12H2,1H3,(H,22,23,26). The van der Waals surface area contributed by atoms with Crippen molar-refractivity contribution in [2.24, 2.45) is 0 Å². The van der Waals surface area contributed by atoms with Crippen molar-refractivity contribution in [2.75, 3.05) is 37.8 Å². The molecule has 0 saturated carbocycles. The van der Waals surface area contributed by atoms with E-state index in [1.807, 2.05) is 0 Å². The second-order valence-corrected chi connectivity index (χ2v) is 11.2. The molecule has 11 heteroatoms. The highest BCUT2D eigenvalue weighted by molar-refractivity contribution is 7.88. The van der Waals surface area contributed by atoms with Crippen LogP contribution in [0.3, 0.4) is 0 Å². The normalized spacial score (nSPS) is 19.7. The van der Waals surface area contributed by atoms with Gasteiger partial charge in [-0.3, -0.25) is 14.9 Å². The lowest BCUT2D eigenvalue weighted by atomic mass is 9.89. The summed E-state index contributed by atoms with van der Waals surface area (Å²) in [6, 6.07) is 6.60. The van der Waals surface area contributed by atoms with Crippen molar-refractivity contribution < 1.29 is 18.0 Å². The van der Waals surface area contributed by atoms with Gasteiger partial charge in [0.25, 0.3) is 5.91 Å². The van der Waals surface area contributed by atoms with E-state index < -0.39 is 10.0 Å². The van der Waals surface area contributed by atoms with Gasteiger partial charge in [-0.15, -0.1) is 11.3 Å². The molecule has 8 nitrogen and oxygen atoms in total. The van der Waals surface area contributed by atoms with Crippen LogP contribution in [0, 0.1) is 0 Å². The number of amides is 2. The Hall–Kier alpha value is -2.01. The van der Waals surface area contributed by atoms with Crippen LogP contribution in [0.1, 0.15) is 39.7 Å². The van der Waals surface area contributed by atoms with Crippen LogP contribution in [-0.4, -0.2) is 66.9 Å². The van der Waals surface area contributed by atoms with E-state index in [-0.39, 0.29) is 17.7 Å². The Morgan fingerprint density at radius 1 is 1.16 bits per heavy atom. The predicted octanol–water partition coefficient (Wildman–Crippen LogP) is 2.57. The summed E-state index contributed by atoms with van der Waals surface area (Å²) in [6.45, 7) is 1.37. The largest absolute Gasteiger partial charge is 0.339 e. The highest BCUT2D eigenvalue weighted by Gasteiger charge is 2.35. The van der Waals surface area contributed by atoms with Crippen LogP contribution < -0.4 is 5.32 Å². The third-order valence-electron chi connectivity index (χ3n) is 5.60. The van der Waals surface area contributed by atoms with E-state index in [1.54, 1.807) is 29.2 Å². The zero-order chi connectivity index (χ0) is 22.2. The summed E-state index contributed by atoms with van der Waals surface area (Å²) in [6.07, 6.45) is 3.59. The lowest BCUT2D eigenvalue weighted by molar-refractivity contribution is -0.134. The number of sulfonamides is 1. The Labute approximate surface area is 190 Å². The first kappa shape index (κ1) is 22.2. The molecule has 31 heavy (non-hydrogen) atoms. The minimum absolute atomic E-state index is 0.0185. The number of nitrogens with one attached hydrogen (secondary N) is 1. The summed E-state index contributed by atoms with van der Waals surface area (Å²) >= 11 is 7.28. The molecule has 2 aromatic rings. The molecule has 4 rings (SSSR count). The number of benzene rings is 1. The van der Waals surface area contributed by atoms with Gasteiger partial charge in [-0.1, -0.05) is 11.6 Å². The Morgan fingerprint density at radius 2 is 1.84 bits per heavy atom. The summed E-state index contributed by atoms with van der Waals surface area (Å²) in [7, 11) is -3.24. The van der Waals surface area contributed by atoms with Gasteiger partial charge in [-0.05, 0) is 43.5 Å². The van der Waals surface area contributed by atoms with Crippen LogP contribution in [0.5, 0.6) is 0 Å². The van der Waals surface area contributed by atoms with Crippen LogP contribution in [0.2, 0.25) is 5.02 Å². The number of rotatable bonds is 4. The molecule has 1 N–H and O–H groups in total. The molecular formula is C20H23ClN4O4S2. The maximum absolute atomic E-state index is 13.2. The number of fused-ring (bicyclic) bond motifs is 1. The molecule has 1 aliphatic carbocycles. The van der Waals surface area contributed by atoms with Crippen molar-refractivity contribution in [1.82, 2.24) is 14.2 Å². The molecule has 2 aliphatic rings. The van der Waals surface area contributed by atoms with E-state index in [9.17, 15) is 18.0 Å². The van der Waals surface area contributed by atoms with E-state index in [0.29, 0.717) is 48.3 Å². The third-order valence-corrected chi connectivity index (χ3v) is 8.20. The second-order valence-electron chi connectivity index (χ2n) is 7.72. The van der Waals surface area contributed by atoms with Crippen LogP contribution in [0.4, 0.5) is 5.13 Å². The number of carbonyl (C=O) groups excluding carboxylic acids is 2. The first-order valence-corrected chi connectivity index (χ1v) is 13.1. The Bertz CT molecular complexity index is 1090. The molecule has 0 bridgehead atoms. The average Bonchev–Trinajstić information content (AvgIpc) is 3.15. The summed E-state index contributed by atoms with van der Waals surface area (Å²) in [5.41, 5.74) is 1.21. The molecule has 1 aliphatic heterocycles. The number of halogens is 1. The molecule has 1 saturated heterocycles. The SMILES string of the molecule is CS(=O)(=O)N1CCN(C(=O)C2CCCc3sc(NC(=O)c4ccc(Cl)cc4)nc32)CC1. The smallest absolute Gasteiger partial charge is 0.257 e. The van der Waals surface area contributed by atoms with Gasteiger partial charge >= 0.3 is 0 Å². The number of piperazine rings is 1. The maximum atomic E-state index is 13.2. The molecule has 1 atom stereocenters. The molecule has 2 heterocycles. The quantitative estimate of drug-likeness (QED) is 0.722. The Balaban J connectivity index is 1.46. The molecular weight excluding hydrogens is 460 g/mol. The number of aryl methyl sites for hydroxylation is 1. The molecule has 0 radical (unpaired) electrons. The molecule has 1 unspecified atom stereocenters. The van der Waals surface area contributed by atoms with E-state index in [2.05, 4.69) is 10.3 Å². The van der Waals surface area contributed by atoms with Crippen molar-refractivity contribution in [3.8, 4) is 0 Å². The fourth-order valence-electron chi connectivity index (χ4n) is 3.94. The number of anilines is 1. The van der Waals surface area contributed by atoms with Crippen LogP contribution in [0.25, 0.3) is 0 Å². The van der Waals surface area contributed by atoms with Gasteiger partial charge in [0.2, 0.25) is 15.9 Å². The molecule has 1 aromatic heterocycles. The van der Waals surface area contributed by atoms with Gasteiger partial charge < -0.3 is 4.90 Å². The van der Waals surface area contributed by atoms with Gasteiger partial charge in [-0.2, -0.15) is 4.31 Å². The van der Waals surface area contributed by atoms with E-state index in [1.165, 1.54) is 21.9 Å².